The lowest BCUT2D eigenvalue weighted by atomic mass is 10.0. The predicted molar refractivity (Wildman–Crippen MR) is 89.8 cm³/mol. The minimum absolute atomic E-state index is 0.0506. The van der Waals surface area contributed by atoms with Gasteiger partial charge in [0.1, 0.15) is 0 Å². The summed E-state index contributed by atoms with van der Waals surface area (Å²) in [6.07, 6.45) is 6.25. The van der Waals surface area contributed by atoms with Gasteiger partial charge < -0.3 is 4.90 Å². The van der Waals surface area contributed by atoms with Gasteiger partial charge in [-0.1, -0.05) is 6.92 Å². The van der Waals surface area contributed by atoms with Crippen LogP contribution < -0.4 is 0 Å². The first-order chi connectivity index (χ1) is 11.7. The van der Waals surface area contributed by atoms with Crippen LogP contribution in [0.15, 0.2) is 12.3 Å². The Morgan fingerprint density at radius 1 is 1.25 bits per heavy atom. The molecule has 0 aliphatic carbocycles. The summed E-state index contributed by atoms with van der Waals surface area (Å²) in [4.78, 5) is 26.1. The van der Waals surface area contributed by atoms with Crippen molar-refractivity contribution < 1.29 is 4.79 Å². The second-order valence-electron chi connectivity index (χ2n) is 6.78. The van der Waals surface area contributed by atoms with Crippen molar-refractivity contribution in [2.45, 2.75) is 51.6 Å². The van der Waals surface area contributed by atoms with Crippen LogP contribution in [0, 0.1) is 6.92 Å². The molecule has 2 aliphatic rings. The fourth-order valence-corrected chi connectivity index (χ4v) is 4.25. The van der Waals surface area contributed by atoms with Crippen molar-refractivity contribution in [2.75, 3.05) is 19.6 Å². The van der Waals surface area contributed by atoms with Gasteiger partial charge in [0.2, 0.25) is 5.82 Å². The summed E-state index contributed by atoms with van der Waals surface area (Å²) in [5.41, 5.74) is 0.928. The molecule has 2 saturated heterocycles. The summed E-state index contributed by atoms with van der Waals surface area (Å²) in [6, 6.07) is 2.64. The second kappa shape index (κ2) is 6.12. The van der Waals surface area contributed by atoms with E-state index in [0.29, 0.717) is 17.9 Å². The van der Waals surface area contributed by atoms with E-state index in [1.165, 1.54) is 12.8 Å². The predicted octanol–water partition coefficient (Wildman–Crippen LogP) is 1.52. The Bertz CT molecular complexity index is 757. The van der Waals surface area contributed by atoms with Crippen molar-refractivity contribution in [3.63, 3.8) is 0 Å². The molecule has 0 bridgehead atoms. The van der Waals surface area contributed by atoms with Crippen LogP contribution in [0.2, 0.25) is 0 Å². The first-order valence-electron chi connectivity index (χ1n) is 8.92. The molecule has 4 heterocycles. The molecular formula is C17H24N6O. The molecule has 4 rings (SSSR count). The van der Waals surface area contributed by atoms with Crippen molar-refractivity contribution in [3.05, 3.63) is 23.8 Å². The summed E-state index contributed by atoms with van der Waals surface area (Å²) in [6.45, 7) is 7.15. The number of amides is 1. The fourth-order valence-electron chi connectivity index (χ4n) is 4.25. The third kappa shape index (κ3) is 2.47. The largest absolute Gasteiger partial charge is 0.331 e. The number of carbonyl (C=O) groups excluding carboxylic acids is 1. The Morgan fingerprint density at radius 3 is 2.83 bits per heavy atom. The molecule has 2 aromatic heterocycles. The maximum absolute atomic E-state index is 13.0. The number of hydrogen-bond donors (Lipinski definition) is 0. The normalized spacial score (nSPS) is 25.0. The van der Waals surface area contributed by atoms with E-state index < -0.39 is 0 Å². The molecular weight excluding hydrogens is 304 g/mol. The number of likely N-dealkylation sites (tertiary alicyclic amines) is 2. The number of hydrogen-bond acceptors (Lipinski definition) is 5. The average molecular weight is 328 g/mol. The lowest BCUT2D eigenvalue weighted by Gasteiger charge is -2.34. The van der Waals surface area contributed by atoms with Crippen LogP contribution in [0.3, 0.4) is 0 Å². The van der Waals surface area contributed by atoms with E-state index in [-0.39, 0.29) is 11.7 Å². The van der Waals surface area contributed by atoms with Crippen molar-refractivity contribution in [2.24, 2.45) is 0 Å². The molecule has 128 valence electrons. The van der Waals surface area contributed by atoms with E-state index >= 15 is 0 Å². The molecule has 0 aromatic carbocycles. The lowest BCUT2D eigenvalue weighted by molar-refractivity contribution is 0.0638. The van der Waals surface area contributed by atoms with Crippen LogP contribution >= 0.6 is 0 Å². The maximum Gasteiger partial charge on any atom is 0.293 e. The highest BCUT2D eigenvalue weighted by atomic mass is 16.2. The minimum atomic E-state index is -0.0506. The van der Waals surface area contributed by atoms with E-state index in [1.807, 2.05) is 17.9 Å². The summed E-state index contributed by atoms with van der Waals surface area (Å²) >= 11 is 0. The Morgan fingerprint density at radius 2 is 2.04 bits per heavy atom. The number of fused-ring (bicyclic) bond motifs is 1. The third-order valence-corrected chi connectivity index (χ3v) is 5.45. The van der Waals surface area contributed by atoms with Crippen molar-refractivity contribution in [3.8, 4) is 0 Å². The van der Waals surface area contributed by atoms with Crippen molar-refractivity contribution in [1.29, 1.82) is 0 Å². The van der Waals surface area contributed by atoms with Gasteiger partial charge in [0, 0.05) is 30.5 Å². The standard InChI is InChI=1S/C17H24N6O/c1-3-21-10-4-6-13(21)14-7-5-11-22(14)16(24)15-19-17-18-9-8-12(2)23(17)20-15/h8-9,13-14H,3-7,10-11H2,1-2H3. The van der Waals surface area contributed by atoms with E-state index in [9.17, 15) is 4.79 Å². The van der Waals surface area contributed by atoms with Gasteiger partial charge in [-0.2, -0.15) is 4.98 Å². The van der Waals surface area contributed by atoms with Crippen molar-refractivity contribution in [1.82, 2.24) is 29.4 Å². The van der Waals surface area contributed by atoms with Crippen LogP contribution in [0.1, 0.15) is 48.9 Å². The maximum atomic E-state index is 13.0. The average Bonchev–Trinajstić information content (AvgIpc) is 3.31. The lowest BCUT2D eigenvalue weighted by Crippen LogP contribution is -2.48. The number of nitrogens with zero attached hydrogens (tertiary/aromatic N) is 6. The van der Waals surface area contributed by atoms with Crippen molar-refractivity contribution >= 4 is 11.7 Å². The highest BCUT2D eigenvalue weighted by Gasteiger charge is 2.40. The van der Waals surface area contributed by atoms with Crippen LogP contribution in [-0.4, -0.2) is 67.0 Å². The Balaban J connectivity index is 1.61. The molecule has 0 saturated carbocycles. The molecule has 2 unspecified atom stereocenters. The van der Waals surface area contributed by atoms with Gasteiger partial charge in [0.15, 0.2) is 0 Å². The van der Waals surface area contributed by atoms with E-state index in [4.69, 9.17) is 0 Å². The van der Waals surface area contributed by atoms with E-state index in [1.54, 1.807) is 10.7 Å². The monoisotopic (exact) mass is 328 g/mol. The molecule has 2 fully saturated rings. The molecule has 24 heavy (non-hydrogen) atoms. The van der Waals surface area contributed by atoms with Crippen LogP contribution in [0.5, 0.6) is 0 Å². The molecule has 7 nitrogen and oxygen atoms in total. The first-order valence-corrected chi connectivity index (χ1v) is 8.92. The Kier molecular flexibility index (Phi) is 3.96. The molecule has 1 amide bonds. The Labute approximate surface area is 141 Å². The number of carbonyl (C=O) groups is 1. The van der Waals surface area contributed by atoms with Crippen LogP contribution in [0.25, 0.3) is 5.78 Å². The van der Waals surface area contributed by atoms with E-state index in [0.717, 1.165) is 38.2 Å². The number of likely N-dealkylation sites (N-methyl/N-ethyl adjacent to an activating group) is 1. The summed E-state index contributed by atoms with van der Waals surface area (Å²) < 4.78 is 1.65. The topological polar surface area (TPSA) is 66.6 Å². The number of aromatic nitrogens is 4. The highest BCUT2D eigenvalue weighted by molar-refractivity contribution is 5.91. The molecule has 0 radical (unpaired) electrons. The van der Waals surface area contributed by atoms with Crippen LogP contribution in [-0.2, 0) is 0 Å². The molecule has 2 aliphatic heterocycles. The molecule has 2 atom stereocenters. The third-order valence-electron chi connectivity index (χ3n) is 5.45. The highest BCUT2D eigenvalue weighted by Crippen LogP contribution is 2.30. The van der Waals surface area contributed by atoms with Crippen LogP contribution in [0.4, 0.5) is 0 Å². The van der Waals surface area contributed by atoms with E-state index in [2.05, 4.69) is 26.9 Å². The summed E-state index contributed by atoms with van der Waals surface area (Å²) in [7, 11) is 0. The molecule has 0 spiro atoms. The quantitative estimate of drug-likeness (QED) is 0.855. The molecule has 2 aromatic rings. The van der Waals surface area contributed by atoms with Gasteiger partial charge in [-0.05, 0) is 51.8 Å². The smallest absolute Gasteiger partial charge is 0.293 e. The fraction of sp³-hybridized carbons (Fsp3) is 0.647. The van der Waals surface area contributed by atoms with Gasteiger partial charge in [-0.15, -0.1) is 5.10 Å². The Hall–Kier alpha value is -2.02. The SMILES string of the molecule is CCN1CCCC1C1CCCN1C(=O)c1nc2nccc(C)n2n1. The second-order valence-corrected chi connectivity index (χ2v) is 6.78. The zero-order valence-corrected chi connectivity index (χ0v) is 14.4. The minimum Gasteiger partial charge on any atom is -0.331 e. The zero-order valence-electron chi connectivity index (χ0n) is 14.4. The van der Waals surface area contributed by atoms with Gasteiger partial charge >= 0.3 is 0 Å². The van der Waals surface area contributed by atoms with Gasteiger partial charge in [-0.3, -0.25) is 9.69 Å². The molecule has 0 N–H and O–H groups in total. The van der Waals surface area contributed by atoms with Gasteiger partial charge in [0.25, 0.3) is 11.7 Å². The zero-order chi connectivity index (χ0) is 16.7. The van der Waals surface area contributed by atoms with Gasteiger partial charge in [0.05, 0.1) is 0 Å². The van der Waals surface area contributed by atoms with Gasteiger partial charge in [-0.25, -0.2) is 9.50 Å². The first kappa shape index (κ1) is 15.5. The number of aryl methyl sites for hydroxylation is 1. The molecule has 7 heteroatoms. The summed E-state index contributed by atoms with van der Waals surface area (Å²) in [5.74, 6) is 0.709. The summed E-state index contributed by atoms with van der Waals surface area (Å²) in [5, 5.41) is 4.40. The number of rotatable bonds is 3.